The van der Waals surface area contributed by atoms with Gasteiger partial charge in [0.1, 0.15) is 12.3 Å². The van der Waals surface area contributed by atoms with Gasteiger partial charge in [0.2, 0.25) is 0 Å². The van der Waals surface area contributed by atoms with Gasteiger partial charge in [-0.15, -0.1) is 0 Å². The number of aryl methyl sites for hydroxylation is 1. The molecule has 10 nitrogen and oxygen atoms in total. The molecule has 3 aromatic rings. The number of ether oxygens (including phenoxy) is 1. The SMILES string of the molecule is Cn1ncc(CNC(=O)OCC2c3ccccc3-c3ccccc32)c1C(=O)N1CC(O)(C(=O)O)C1. The predicted molar refractivity (Wildman–Crippen MR) is 124 cm³/mol. The van der Waals surface area contributed by atoms with Crippen LogP contribution in [0.1, 0.15) is 33.1 Å². The lowest BCUT2D eigenvalue weighted by atomic mass is 9.94. The van der Waals surface area contributed by atoms with Gasteiger partial charge in [-0.1, -0.05) is 48.5 Å². The Kier molecular flexibility index (Phi) is 5.52. The van der Waals surface area contributed by atoms with Crippen molar-refractivity contribution in [2.75, 3.05) is 19.7 Å². The molecule has 3 N–H and O–H groups in total. The number of hydrogen-bond acceptors (Lipinski definition) is 6. The third-order valence-electron chi connectivity index (χ3n) is 6.57. The highest BCUT2D eigenvalue weighted by Crippen LogP contribution is 2.44. The summed E-state index contributed by atoms with van der Waals surface area (Å²) in [6.45, 7) is -0.458. The molecule has 1 saturated heterocycles. The van der Waals surface area contributed by atoms with E-state index in [2.05, 4.69) is 22.5 Å². The van der Waals surface area contributed by atoms with Crippen molar-refractivity contribution in [1.29, 1.82) is 0 Å². The van der Waals surface area contributed by atoms with Gasteiger partial charge >= 0.3 is 12.1 Å². The number of amides is 2. The first-order valence-electron chi connectivity index (χ1n) is 11.1. The van der Waals surface area contributed by atoms with Gasteiger partial charge < -0.3 is 25.2 Å². The number of hydrogen-bond donors (Lipinski definition) is 3. The summed E-state index contributed by atoms with van der Waals surface area (Å²) in [4.78, 5) is 37.6. The normalized spacial score (nSPS) is 15.7. The molecule has 180 valence electrons. The van der Waals surface area contributed by atoms with Crippen molar-refractivity contribution in [2.24, 2.45) is 7.05 Å². The summed E-state index contributed by atoms with van der Waals surface area (Å²) in [7, 11) is 1.58. The molecule has 0 atom stereocenters. The number of carbonyl (C=O) groups is 3. The second kappa shape index (κ2) is 8.55. The van der Waals surface area contributed by atoms with Crippen molar-refractivity contribution in [3.63, 3.8) is 0 Å². The lowest BCUT2D eigenvalue weighted by Crippen LogP contribution is -2.67. The number of aromatic nitrogens is 2. The van der Waals surface area contributed by atoms with Crippen LogP contribution in [-0.4, -0.2) is 68.2 Å². The van der Waals surface area contributed by atoms with Crippen LogP contribution < -0.4 is 5.32 Å². The van der Waals surface area contributed by atoms with Crippen molar-refractivity contribution in [3.8, 4) is 11.1 Å². The van der Waals surface area contributed by atoms with Crippen LogP contribution in [0.5, 0.6) is 0 Å². The Morgan fingerprint density at radius 1 is 1.09 bits per heavy atom. The molecule has 1 aromatic heterocycles. The maximum absolute atomic E-state index is 12.8. The summed E-state index contributed by atoms with van der Waals surface area (Å²) in [6, 6.07) is 16.1. The number of nitrogens with zero attached hydrogens (tertiary/aromatic N) is 3. The first kappa shape index (κ1) is 22.6. The Bertz CT molecular complexity index is 1280. The summed E-state index contributed by atoms with van der Waals surface area (Å²) in [6.07, 6.45) is 0.832. The molecule has 0 radical (unpaired) electrons. The molecule has 1 aliphatic heterocycles. The van der Waals surface area contributed by atoms with Crippen molar-refractivity contribution in [1.82, 2.24) is 20.0 Å². The number of carboxylic acids is 1. The maximum Gasteiger partial charge on any atom is 0.407 e. The van der Waals surface area contributed by atoms with E-state index < -0.39 is 23.6 Å². The topological polar surface area (TPSA) is 134 Å². The third-order valence-corrected chi connectivity index (χ3v) is 6.57. The van der Waals surface area contributed by atoms with Crippen LogP contribution in [0, 0.1) is 0 Å². The van der Waals surface area contributed by atoms with E-state index in [0.717, 1.165) is 22.3 Å². The Morgan fingerprint density at radius 2 is 1.69 bits per heavy atom. The Morgan fingerprint density at radius 3 is 2.29 bits per heavy atom. The number of carbonyl (C=O) groups excluding carboxylic acids is 2. The van der Waals surface area contributed by atoms with Crippen LogP contribution in [0.25, 0.3) is 11.1 Å². The molecule has 0 bridgehead atoms. The lowest BCUT2D eigenvalue weighted by Gasteiger charge is -2.43. The van der Waals surface area contributed by atoms with E-state index in [4.69, 9.17) is 9.84 Å². The van der Waals surface area contributed by atoms with Gasteiger partial charge in [-0.2, -0.15) is 5.10 Å². The second-order valence-electron chi connectivity index (χ2n) is 8.82. The van der Waals surface area contributed by atoms with Gasteiger partial charge in [0.15, 0.2) is 5.60 Å². The van der Waals surface area contributed by atoms with Crippen LogP contribution in [-0.2, 0) is 23.1 Å². The minimum absolute atomic E-state index is 0.00260. The number of likely N-dealkylation sites (tertiary alicyclic amines) is 1. The summed E-state index contributed by atoms with van der Waals surface area (Å²) < 4.78 is 6.89. The number of nitrogens with one attached hydrogen (secondary N) is 1. The highest BCUT2D eigenvalue weighted by molar-refractivity contribution is 5.96. The van der Waals surface area contributed by atoms with Crippen LogP contribution in [0.15, 0.2) is 54.7 Å². The van der Waals surface area contributed by atoms with Gasteiger partial charge in [-0.3, -0.25) is 9.48 Å². The van der Waals surface area contributed by atoms with E-state index in [9.17, 15) is 19.5 Å². The van der Waals surface area contributed by atoms with Gasteiger partial charge in [-0.25, -0.2) is 9.59 Å². The molecule has 10 heteroatoms. The molecule has 2 heterocycles. The van der Waals surface area contributed by atoms with E-state index in [1.54, 1.807) is 7.05 Å². The molecule has 2 aromatic carbocycles. The molecule has 0 saturated carbocycles. The third kappa shape index (κ3) is 3.91. The summed E-state index contributed by atoms with van der Waals surface area (Å²) in [5.74, 6) is -1.91. The highest BCUT2D eigenvalue weighted by Gasteiger charge is 2.50. The fourth-order valence-electron chi connectivity index (χ4n) is 4.72. The Labute approximate surface area is 200 Å². The van der Waals surface area contributed by atoms with E-state index >= 15 is 0 Å². The Hall–Kier alpha value is -4.18. The monoisotopic (exact) mass is 476 g/mol. The van der Waals surface area contributed by atoms with Crippen LogP contribution in [0.2, 0.25) is 0 Å². The largest absolute Gasteiger partial charge is 0.479 e. The van der Waals surface area contributed by atoms with Crippen molar-refractivity contribution in [3.05, 3.63) is 77.1 Å². The molecular weight excluding hydrogens is 452 g/mol. The zero-order chi connectivity index (χ0) is 24.7. The molecular formula is C25H24N4O6. The van der Waals surface area contributed by atoms with Gasteiger partial charge in [0.05, 0.1) is 25.8 Å². The molecule has 1 aliphatic carbocycles. The van der Waals surface area contributed by atoms with Crippen LogP contribution in [0.3, 0.4) is 0 Å². The first-order valence-corrected chi connectivity index (χ1v) is 11.1. The van der Waals surface area contributed by atoms with Crippen molar-refractivity contribution in [2.45, 2.75) is 18.1 Å². The standard InChI is InChI=1S/C25H24N4O6/c1-28-21(22(30)29-13-25(34,14-29)23(31)32)15(11-27-28)10-26-24(33)35-12-20-18-8-4-2-6-16(18)17-7-3-5-9-19(17)20/h2-9,11,20,34H,10,12-14H2,1H3,(H,26,33)(H,31,32). The fourth-order valence-corrected chi connectivity index (χ4v) is 4.72. The van der Waals surface area contributed by atoms with Gasteiger partial charge in [0, 0.05) is 18.5 Å². The van der Waals surface area contributed by atoms with E-state index in [-0.39, 0.29) is 37.9 Å². The molecule has 0 unspecified atom stereocenters. The highest BCUT2D eigenvalue weighted by atomic mass is 16.5. The maximum atomic E-state index is 12.8. The minimum Gasteiger partial charge on any atom is -0.479 e. The summed E-state index contributed by atoms with van der Waals surface area (Å²) >= 11 is 0. The predicted octanol–water partition coefficient (Wildman–Crippen LogP) is 1.73. The van der Waals surface area contributed by atoms with Gasteiger partial charge in [0.25, 0.3) is 5.91 Å². The molecule has 1 fully saturated rings. The quantitative estimate of drug-likeness (QED) is 0.493. The number of alkyl carbamates (subject to hydrolysis) is 1. The van der Waals surface area contributed by atoms with Crippen molar-refractivity contribution < 1.29 is 29.3 Å². The lowest BCUT2D eigenvalue weighted by molar-refractivity contribution is -0.173. The Balaban J connectivity index is 1.21. The summed E-state index contributed by atoms with van der Waals surface area (Å²) in [5, 5.41) is 25.7. The number of aliphatic hydroxyl groups is 1. The number of β-amino-alcohol motifs (C(OH)–C–C–N with tert-alkyl or cyclic N) is 1. The van der Waals surface area contributed by atoms with E-state index in [1.807, 2.05) is 36.4 Å². The zero-order valence-corrected chi connectivity index (χ0v) is 19.0. The van der Waals surface area contributed by atoms with Crippen LogP contribution in [0.4, 0.5) is 4.79 Å². The fraction of sp³-hybridized carbons (Fsp3) is 0.280. The molecule has 2 aliphatic rings. The number of carboxylic acid groups (broad SMARTS) is 1. The second-order valence-corrected chi connectivity index (χ2v) is 8.82. The van der Waals surface area contributed by atoms with E-state index in [0.29, 0.717) is 5.56 Å². The average Bonchev–Trinajstić information content (AvgIpc) is 3.36. The molecule has 0 spiro atoms. The van der Waals surface area contributed by atoms with E-state index in [1.165, 1.54) is 15.8 Å². The molecule has 35 heavy (non-hydrogen) atoms. The number of rotatable bonds is 6. The first-order chi connectivity index (χ1) is 16.8. The van der Waals surface area contributed by atoms with Crippen molar-refractivity contribution >= 4 is 18.0 Å². The molecule has 2 amide bonds. The van der Waals surface area contributed by atoms with Gasteiger partial charge in [-0.05, 0) is 22.3 Å². The summed E-state index contributed by atoms with van der Waals surface area (Å²) in [5.41, 5.74) is 3.21. The number of aliphatic carboxylic acids is 1. The zero-order valence-electron chi connectivity index (χ0n) is 19.0. The smallest absolute Gasteiger partial charge is 0.407 e. The number of fused-ring (bicyclic) bond motifs is 3. The number of benzene rings is 2. The van der Waals surface area contributed by atoms with Crippen LogP contribution >= 0.6 is 0 Å². The molecule has 5 rings (SSSR count). The minimum atomic E-state index is -1.94. The average molecular weight is 476 g/mol.